The molecule has 0 aliphatic carbocycles. The van der Waals surface area contributed by atoms with Gasteiger partial charge < -0.3 is 10.2 Å². The first-order valence-electron chi connectivity index (χ1n) is 8.66. The minimum atomic E-state index is -0.243. The molecule has 2 aromatic carbocycles. The summed E-state index contributed by atoms with van der Waals surface area (Å²) in [6, 6.07) is 12.2. The molecule has 1 aliphatic rings. The van der Waals surface area contributed by atoms with E-state index in [9.17, 15) is 9.59 Å². The van der Waals surface area contributed by atoms with Crippen LogP contribution in [0.15, 0.2) is 42.5 Å². The largest absolute Gasteiger partial charge is 0.339 e. The number of likely N-dealkylation sites (tertiary alicyclic amines) is 1. The lowest BCUT2D eigenvalue weighted by Gasteiger charge is -2.27. The van der Waals surface area contributed by atoms with Crippen molar-refractivity contribution in [2.75, 3.05) is 18.4 Å². The molecular weight excluding hydrogens is 371 g/mol. The molecule has 0 unspecified atom stereocenters. The van der Waals surface area contributed by atoms with E-state index < -0.39 is 0 Å². The van der Waals surface area contributed by atoms with E-state index in [4.69, 9.17) is 23.2 Å². The fourth-order valence-electron chi connectivity index (χ4n) is 3.08. The standard InChI is InChI=1S/C20H20Cl2N2O2/c21-15-8-9-16(20(26)24-10-4-1-5-11-24)18(13-15)23-19(25)12-14-6-2-3-7-17(14)22/h2-3,6-9,13H,1,4-5,10-12H2,(H,23,25). The number of rotatable bonds is 4. The molecule has 1 N–H and O–H groups in total. The Morgan fingerprint density at radius 1 is 1.00 bits per heavy atom. The van der Waals surface area contributed by atoms with E-state index in [1.54, 1.807) is 30.3 Å². The maximum Gasteiger partial charge on any atom is 0.255 e. The second kappa shape index (κ2) is 8.56. The van der Waals surface area contributed by atoms with Crippen LogP contribution in [0, 0.1) is 0 Å². The van der Waals surface area contributed by atoms with Crippen LogP contribution in [0.3, 0.4) is 0 Å². The molecule has 0 spiro atoms. The number of piperidine rings is 1. The third-order valence-electron chi connectivity index (χ3n) is 4.44. The smallest absolute Gasteiger partial charge is 0.255 e. The minimum Gasteiger partial charge on any atom is -0.339 e. The van der Waals surface area contributed by atoms with E-state index in [-0.39, 0.29) is 18.2 Å². The monoisotopic (exact) mass is 390 g/mol. The van der Waals surface area contributed by atoms with Gasteiger partial charge in [0.15, 0.2) is 0 Å². The Morgan fingerprint density at radius 2 is 1.73 bits per heavy atom. The topological polar surface area (TPSA) is 49.4 Å². The summed E-state index contributed by atoms with van der Waals surface area (Å²) in [6.07, 6.45) is 3.29. The summed E-state index contributed by atoms with van der Waals surface area (Å²) in [7, 11) is 0. The molecule has 0 radical (unpaired) electrons. The van der Waals surface area contributed by atoms with Crippen LogP contribution in [0.1, 0.15) is 35.2 Å². The van der Waals surface area contributed by atoms with Crippen LogP contribution in [0.2, 0.25) is 10.0 Å². The Hall–Kier alpha value is -2.04. The molecular formula is C20H20Cl2N2O2. The summed E-state index contributed by atoms with van der Waals surface area (Å²) in [5.41, 5.74) is 1.63. The summed E-state index contributed by atoms with van der Waals surface area (Å²) in [5, 5.41) is 3.82. The van der Waals surface area contributed by atoms with Gasteiger partial charge in [-0.05, 0) is 49.1 Å². The van der Waals surface area contributed by atoms with Crippen molar-refractivity contribution in [1.82, 2.24) is 4.90 Å². The molecule has 1 fully saturated rings. The first-order chi connectivity index (χ1) is 12.5. The average Bonchev–Trinajstić information content (AvgIpc) is 2.64. The molecule has 6 heteroatoms. The van der Waals surface area contributed by atoms with Crippen LogP contribution in [0.5, 0.6) is 0 Å². The first kappa shape index (κ1) is 18.7. The minimum absolute atomic E-state index is 0.0746. The SMILES string of the molecule is O=C(Cc1ccccc1Cl)Nc1cc(Cl)ccc1C(=O)N1CCCCC1. The van der Waals surface area contributed by atoms with Crippen LogP contribution >= 0.6 is 23.2 Å². The van der Waals surface area contributed by atoms with Crippen molar-refractivity contribution in [2.24, 2.45) is 0 Å². The predicted octanol–water partition coefficient (Wildman–Crippen LogP) is 4.80. The summed E-state index contributed by atoms with van der Waals surface area (Å²) in [5.74, 6) is -0.317. The molecule has 0 saturated carbocycles. The maximum atomic E-state index is 12.8. The number of nitrogens with one attached hydrogen (secondary N) is 1. The number of anilines is 1. The Kier molecular flexibility index (Phi) is 6.17. The van der Waals surface area contributed by atoms with Gasteiger partial charge in [-0.25, -0.2) is 0 Å². The molecule has 26 heavy (non-hydrogen) atoms. The lowest BCUT2D eigenvalue weighted by molar-refractivity contribution is -0.115. The van der Waals surface area contributed by atoms with Crippen molar-refractivity contribution in [2.45, 2.75) is 25.7 Å². The molecule has 0 bridgehead atoms. The molecule has 136 valence electrons. The number of amides is 2. The number of hydrogen-bond donors (Lipinski definition) is 1. The fraction of sp³-hybridized carbons (Fsp3) is 0.300. The van der Waals surface area contributed by atoms with E-state index in [1.165, 1.54) is 0 Å². The van der Waals surface area contributed by atoms with Crippen molar-refractivity contribution in [3.63, 3.8) is 0 Å². The Balaban J connectivity index is 1.78. The number of nitrogens with zero attached hydrogens (tertiary/aromatic N) is 1. The average molecular weight is 391 g/mol. The lowest BCUT2D eigenvalue weighted by atomic mass is 10.1. The highest BCUT2D eigenvalue weighted by molar-refractivity contribution is 6.32. The van der Waals surface area contributed by atoms with E-state index in [2.05, 4.69) is 5.32 Å². The van der Waals surface area contributed by atoms with Gasteiger partial charge in [-0.15, -0.1) is 0 Å². The Morgan fingerprint density at radius 3 is 2.46 bits per heavy atom. The van der Waals surface area contributed by atoms with Gasteiger partial charge >= 0.3 is 0 Å². The first-order valence-corrected chi connectivity index (χ1v) is 9.42. The molecule has 1 aliphatic heterocycles. The highest BCUT2D eigenvalue weighted by Crippen LogP contribution is 2.25. The second-order valence-corrected chi connectivity index (χ2v) is 7.20. The fourth-order valence-corrected chi connectivity index (χ4v) is 3.46. The summed E-state index contributed by atoms with van der Waals surface area (Å²) in [4.78, 5) is 27.1. The van der Waals surface area contributed by atoms with Gasteiger partial charge in [-0.2, -0.15) is 0 Å². The zero-order valence-corrected chi connectivity index (χ0v) is 15.8. The summed E-state index contributed by atoms with van der Waals surface area (Å²) < 4.78 is 0. The van der Waals surface area contributed by atoms with E-state index in [0.717, 1.165) is 37.9 Å². The summed E-state index contributed by atoms with van der Waals surface area (Å²) in [6.45, 7) is 1.49. The second-order valence-electron chi connectivity index (χ2n) is 6.36. The van der Waals surface area contributed by atoms with E-state index in [0.29, 0.717) is 21.3 Å². The van der Waals surface area contributed by atoms with Gasteiger partial charge in [0.25, 0.3) is 5.91 Å². The van der Waals surface area contributed by atoms with Crippen molar-refractivity contribution in [3.05, 3.63) is 63.6 Å². The number of benzene rings is 2. The molecule has 1 heterocycles. The van der Waals surface area contributed by atoms with Crippen molar-refractivity contribution >= 4 is 40.7 Å². The molecule has 3 rings (SSSR count). The molecule has 0 atom stereocenters. The predicted molar refractivity (Wildman–Crippen MR) is 105 cm³/mol. The normalized spacial score (nSPS) is 14.2. The third kappa shape index (κ3) is 4.57. The van der Waals surface area contributed by atoms with Crippen LogP contribution in [0.4, 0.5) is 5.69 Å². The lowest BCUT2D eigenvalue weighted by Crippen LogP contribution is -2.36. The van der Waals surface area contributed by atoms with Crippen LogP contribution in [-0.2, 0) is 11.2 Å². The van der Waals surface area contributed by atoms with Gasteiger partial charge in [0, 0.05) is 23.1 Å². The van der Waals surface area contributed by atoms with Crippen molar-refractivity contribution < 1.29 is 9.59 Å². The van der Waals surface area contributed by atoms with Gasteiger partial charge in [0.2, 0.25) is 5.91 Å². The van der Waals surface area contributed by atoms with Crippen LogP contribution < -0.4 is 5.32 Å². The number of halogens is 2. The van der Waals surface area contributed by atoms with Gasteiger partial charge in [-0.3, -0.25) is 9.59 Å². The molecule has 0 aromatic heterocycles. The quantitative estimate of drug-likeness (QED) is 0.814. The summed E-state index contributed by atoms with van der Waals surface area (Å²) >= 11 is 12.2. The molecule has 1 saturated heterocycles. The third-order valence-corrected chi connectivity index (χ3v) is 5.04. The van der Waals surface area contributed by atoms with Crippen LogP contribution in [0.25, 0.3) is 0 Å². The van der Waals surface area contributed by atoms with Gasteiger partial charge in [0.1, 0.15) is 0 Å². The number of carbonyl (C=O) groups is 2. The van der Waals surface area contributed by atoms with Crippen molar-refractivity contribution in [3.8, 4) is 0 Å². The van der Waals surface area contributed by atoms with E-state index >= 15 is 0 Å². The van der Waals surface area contributed by atoms with E-state index in [1.807, 2.05) is 17.0 Å². The highest BCUT2D eigenvalue weighted by atomic mass is 35.5. The zero-order chi connectivity index (χ0) is 18.5. The number of hydrogen-bond acceptors (Lipinski definition) is 2. The van der Waals surface area contributed by atoms with Gasteiger partial charge in [0.05, 0.1) is 17.7 Å². The molecule has 4 nitrogen and oxygen atoms in total. The van der Waals surface area contributed by atoms with Crippen molar-refractivity contribution in [1.29, 1.82) is 0 Å². The Labute approximate surface area is 163 Å². The molecule has 2 amide bonds. The number of carbonyl (C=O) groups excluding carboxylic acids is 2. The zero-order valence-electron chi connectivity index (χ0n) is 14.3. The van der Waals surface area contributed by atoms with Crippen LogP contribution in [-0.4, -0.2) is 29.8 Å². The van der Waals surface area contributed by atoms with Gasteiger partial charge in [-0.1, -0.05) is 41.4 Å². The highest BCUT2D eigenvalue weighted by Gasteiger charge is 2.22. The maximum absolute atomic E-state index is 12.8. The molecule has 2 aromatic rings. The Bertz CT molecular complexity index is 817.